The van der Waals surface area contributed by atoms with Crippen LogP contribution in [0.2, 0.25) is 0 Å². The molecule has 4 rings (SSSR count). The molecule has 3 aromatic heterocycles. The van der Waals surface area contributed by atoms with Crippen molar-refractivity contribution in [1.29, 1.82) is 0 Å². The van der Waals surface area contributed by atoms with E-state index in [0.29, 0.717) is 24.6 Å². The van der Waals surface area contributed by atoms with Crippen LogP contribution in [0.4, 0.5) is 5.82 Å². The normalized spacial score (nSPS) is 11.8. The van der Waals surface area contributed by atoms with E-state index in [1.54, 1.807) is 43.6 Å². The third-order valence-corrected chi connectivity index (χ3v) is 6.62. The molecule has 1 amide bonds. The number of carbonyl (C=O) groups excluding carboxylic acids is 1. The van der Waals surface area contributed by atoms with Crippen molar-refractivity contribution >= 4 is 34.4 Å². The number of benzene rings is 1. The lowest BCUT2D eigenvalue weighted by Crippen LogP contribution is -2.19. The molecule has 186 valence electrons. The van der Waals surface area contributed by atoms with Crippen molar-refractivity contribution in [3.8, 4) is 17.1 Å². The Hall–Kier alpha value is -3.72. The Morgan fingerprint density at radius 1 is 1.14 bits per heavy atom. The maximum absolute atomic E-state index is 12.4. The number of rotatable bonds is 10. The summed E-state index contributed by atoms with van der Waals surface area (Å²) in [5, 5.41) is 7.05. The molecule has 36 heavy (non-hydrogen) atoms. The second kappa shape index (κ2) is 11.8. The summed E-state index contributed by atoms with van der Waals surface area (Å²) >= 11 is 1.77. The number of carbonyl (C=O) groups is 1. The lowest BCUT2D eigenvalue weighted by molar-refractivity contribution is 0.0964. The number of aryl methyl sites for hydroxylation is 1. The van der Waals surface area contributed by atoms with Crippen LogP contribution in [-0.4, -0.2) is 58.1 Å². The van der Waals surface area contributed by atoms with Crippen molar-refractivity contribution in [2.45, 2.75) is 19.8 Å². The maximum atomic E-state index is 12.4. The Morgan fingerprint density at radius 2 is 2.00 bits per heavy atom. The van der Waals surface area contributed by atoms with Crippen molar-refractivity contribution < 1.29 is 9.53 Å². The minimum absolute atomic E-state index is 0.119. The molecule has 4 aromatic rings. The molecule has 8 nitrogen and oxygen atoms in total. The standard InChI is InChI=1S/C27H30N6O2S/c1-5-35-27-17(2)11-18(13-31-27)23-12-24(33-16-32-23)30-14-19(15-36-4)20-7-6-8-21-22(26(34)28-3)9-10-29-25(20)21/h6-13,16,19H,5,14-15H2,1-4H3,(H,28,34)(H,30,32,33). The zero-order chi connectivity index (χ0) is 25.5. The topological polar surface area (TPSA) is 102 Å². The number of para-hydroxylation sites is 1. The molecule has 1 atom stereocenters. The van der Waals surface area contributed by atoms with Crippen LogP contribution in [0, 0.1) is 6.92 Å². The van der Waals surface area contributed by atoms with E-state index in [9.17, 15) is 4.79 Å². The number of amides is 1. The highest BCUT2D eigenvalue weighted by atomic mass is 32.2. The minimum Gasteiger partial charge on any atom is -0.478 e. The molecule has 0 aliphatic heterocycles. The molecule has 0 aliphatic rings. The highest BCUT2D eigenvalue weighted by molar-refractivity contribution is 7.98. The van der Waals surface area contributed by atoms with Gasteiger partial charge in [-0.2, -0.15) is 11.8 Å². The van der Waals surface area contributed by atoms with Gasteiger partial charge in [0, 0.05) is 60.2 Å². The van der Waals surface area contributed by atoms with Gasteiger partial charge < -0.3 is 15.4 Å². The number of fused-ring (bicyclic) bond motifs is 1. The van der Waals surface area contributed by atoms with Crippen LogP contribution >= 0.6 is 11.8 Å². The fraction of sp³-hybridized carbons (Fsp3) is 0.296. The van der Waals surface area contributed by atoms with Gasteiger partial charge >= 0.3 is 0 Å². The first kappa shape index (κ1) is 25.4. The van der Waals surface area contributed by atoms with Gasteiger partial charge in [0.15, 0.2) is 0 Å². The molecule has 0 aliphatic carbocycles. The molecule has 1 aromatic carbocycles. The van der Waals surface area contributed by atoms with Crippen molar-refractivity contribution in [1.82, 2.24) is 25.3 Å². The van der Waals surface area contributed by atoms with E-state index in [4.69, 9.17) is 4.74 Å². The summed E-state index contributed by atoms with van der Waals surface area (Å²) in [5.41, 5.74) is 5.22. The highest BCUT2D eigenvalue weighted by Gasteiger charge is 2.18. The first-order valence-electron chi connectivity index (χ1n) is 11.8. The lowest BCUT2D eigenvalue weighted by atomic mass is 9.95. The number of pyridine rings is 2. The maximum Gasteiger partial charge on any atom is 0.251 e. The fourth-order valence-electron chi connectivity index (χ4n) is 4.15. The minimum atomic E-state index is -0.119. The molecular weight excluding hydrogens is 472 g/mol. The van der Waals surface area contributed by atoms with E-state index in [1.165, 1.54) is 0 Å². The van der Waals surface area contributed by atoms with Gasteiger partial charge in [-0.25, -0.2) is 15.0 Å². The van der Waals surface area contributed by atoms with E-state index >= 15 is 0 Å². The van der Waals surface area contributed by atoms with Crippen LogP contribution in [0.25, 0.3) is 22.2 Å². The molecule has 2 N–H and O–H groups in total. The number of aromatic nitrogens is 4. The van der Waals surface area contributed by atoms with Crippen LogP contribution < -0.4 is 15.4 Å². The lowest BCUT2D eigenvalue weighted by Gasteiger charge is -2.19. The van der Waals surface area contributed by atoms with Crippen molar-refractivity contribution in [3.05, 3.63) is 71.8 Å². The third kappa shape index (κ3) is 5.57. The fourth-order valence-corrected chi connectivity index (χ4v) is 4.85. The summed E-state index contributed by atoms with van der Waals surface area (Å²) in [6, 6.07) is 11.7. The number of thioether (sulfide) groups is 1. The van der Waals surface area contributed by atoms with E-state index in [0.717, 1.165) is 44.9 Å². The predicted molar refractivity (Wildman–Crippen MR) is 146 cm³/mol. The summed E-state index contributed by atoms with van der Waals surface area (Å²) in [5.74, 6) is 2.29. The summed E-state index contributed by atoms with van der Waals surface area (Å²) in [7, 11) is 1.64. The van der Waals surface area contributed by atoms with Crippen LogP contribution in [0.5, 0.6) is 5.88 Å². The molecular formula is C27H30N6O2S. The molecule has 9 heteroatoms. The van der Waals surface area contributed by atoms with E-state index in [1.807, 2.05) is 38.1 Å². The molecule has 1 unspecified atom stereocenters. The first-order valence-corrected chi connectivity index (χ1v) is 13.2. The second-order valence-corrected chi connectivity index (χ2v) is 9.19. The van der Waals surface area contributed by atoms with Crippen molar-refractivity contribution in [3.63, 3.8) is 0 Å². The van der Waals surface area contributed by atoms with Crippen LogP contribution in [0.3, 0.4) is 0 Å². The average molecular weight is 503 g/mol. The van der Waals surface area contributed by atoms with Crippen LogP contribution in [-0.2, 0) is 0 Å². The Balaban J connectivity index is 1.58. The van der Waals surface area contributed by atoms with E-state index in [-0.39, 0.29) is 11.8 Å². The molecule has 0 saturated carbocycles. The Bertz CT molecular complexity index is 1360. The van der Waals surface area contributed by atoms with Gasteiger partial charge in [-0.15, -0.1) is 0 Å². The van der Waals surface area contributed by atoms with Gasteiger partial charge in [0.05, 0.1) is 23.4 Å². The van der Waals surface area contributed by atoms with Crippen molar-refractivity contribution in [2.24, 2.45) is 0 Å². The SMILES string of the molecule is CCOc1ncc(-c2cc(NCC(CSC)c3cccc4c(C(=O)NC)ccnc34)ncn2)cc1C. The van der Waals surface area contributed by atoms with Gasteiger partial charge in [-0.1, -0.05) is 18.2 Å². The van der Waals surface area contributed by atoms with Gasteiger partial charge in [0.25, 0.3) is 5.91 Å². The molecule has 0 bridgehead atoms. The number of hydrogen-bond donors (Lipinski definition) is 2. The third-order valence-electron chi connectivity index (χ3n) is 5.89. The van der Waals surface area contributed by atoms with Crippen LogP contribution in [0.15, 0.2) is 55.1 Å². The summed E-state index contributed by atoms with van der Waals surface area (Å²) in [4.78, 5) is 30.3. The smallest absolute Gasteiger partial charge is 0.251 e. The molecule has 0 spiro atoms. The van der Waals surface area contributed by atoms with Crippen LogP contribution in [0.1, 0.15) is 34.3 Å². The van der Waals surface area contributed by atoms with E-state index in [2.05, 4.69) is 42.9 Å². The second-order valence-electron chi connectivity index (χ2n) is 8.28. The van der Waals surface area contributed by atoms with Gasteiger partial charge in [-0.05, 0) is 37.8 Å². The number of anilines is 1. The molecule has 0 saturated heterocycles. The monoisotopic (exact) mass is 502 g/mol. The average Bonchev–Trinajstić information content (AvgIpc) is 2.91. The highest BCUT2D eigenvalue weighted by Crippen LogP contribution is 2.29. The number of nitrogens with one attached hydrogen (secondary N) is 2. The van der Waals surface area contributed by atoms with Gasteiger partial charge in [-0.3, -0.25) is 9.78 Å². The first-order chi connectivity index (χ1) is 17.5. The summed E-state index contributed by atoms with van der Waals surface area (Å²) < 4.78 is 5.55. The Labute approximate surface area is 215 Å². The molecule has 0 radical (unpaired) electrons. The van der Waals surface area contributed by atoms with Gasteiger partial charge in [0.2, 0.25) is 5.88 Å². The Kier molecular flexibility index (Phi) is 8.32. The quantitative estimate of drug-likeness (QED) is 0.321. The van der Waals surface area contributed by atoms with E-state index < -0.39 is 0 Å². The number of nitrogens with zero attached hydrogens (tertiary/aromatic N) is 4. The molecule has 0 fully saturated rings. The Morgan fingerprint density at radius 3 is 2.75 bits per heavy atom. The molecule has 3 heterocycles. The number of hydrogen-bond acceptors (Lipinski definition) is 8. The number of ether oxygens (including phenoxy) is 1. The van der Waals surface area contributed by atoms with Crippen molar-refractivity contribution in [2.75, 3.05) is 37.5 Å². The zero-order valence-corrected chi connectivity index (χ0v) is 21.7. The summed E-state index contributed by atoms with van der Waals surface area (Å²) in [6.07, 6.45) is 7.11. The largest absolute Gasteiger partial charge is 0.478 e. The zero-order valence-electron chi connectivity index (χ0n) is 20.9. The summed E-state index contributed by atoms with van der Waals surface area (Å²) in [6.45, 7) is 5.15. The predicted octanol–water partition coefficient (Wildman–Crippen LogP) is 4.71. The van der Waals surface area contributed by atoms with Gasteiger partial charge in [0.1, 0.15) is 12.1 Å².